The minimum absolute atomic E-state index is 0.195. The zero-order chi connectivity index (χ0) is 20.1. The highest BCUT2D eigenvalue weighted by Crippen LogP contribution is 2.44. The summed E-state index contributed by atoms with van der Waals surface area (Å²) in [6, 6.07) is 3.43. The second kappa shape index (κ2) is 6.87. The van der Waals surface area contributed by atoms with E-state index in [0.29, 0.717) is 23.7 Å². The second-order valence-electron chi connectivity index (χ2n) is 8.59. The number of fused-ring (bicyclic) bond motifs is 1. The van der Waals surface area contributed by atoms with Gasteiger partial charge in [0.2, 0.25) is 0 Å². The van der Waals surface area contributed by atoms with Gasteiger partial charge in [-0.25, -0.2) is 9.37 Å². The van der Waals surface area contributed by atoms with Gasteiger partial charge in [0.1, 0.15) is 10.6 Å². The molecule has 0 unspecified atom stereocenters. The monoisotopic (exact) mass is 393 g/mol. The van der Waals surface area contributed by atoms with Gasteiger partial charge >= 0.3 is 0 Å². The standard InChI is InChI=1S/C20H28FN3O2S/c1-12-10-14(13(2)23-27(26)19(3,4)5)16-15(11-12)17(25)24(6)18(22-16)20(21)8-7-9-20/h10-11,13,23H,7-9H2,1-6H3/t13-,27-/m1/s1. The fourth-order valence-corrected chi connectivity index (χ4v) is 4.20. The van der Waals surface area contributed by atoms with Crippen molar-refractivity contribution in [3.8, 4) is 0 Å². The molecule has 1 aromatic heterocycles. The molecule has 1 saturated carbocycles. The number of nitrogens with one attached hydrogen (secondary N) is 1. The lowest BCUT2D eigenvalue weighted by molar-refractivity contribution is 0.0465. The lowest BCUT2D eigenvalue weighted by Crippen LogP contribution is -2.41. The molecule has 1 fully saturated rings. The van der Waals surface area contributed by atoms with E-state index in [4.69, 9.17) is 0 Å². The molecule has 1 aliphatic rings. The van der Waals surface area contributed by atoms with Gasteiger partial charge in [0, 0.05) is 24.0 Å². The van der Waals surface area contributed by atoms with Crippen LogP contribution in [0.4, 0.5) is 4.39 Å². The number of alkyl halides is 1. The Morgan fingerprint density at radius 3 is 2.52 bits per heavy atom. The third kappa shape index (κ3) is 3.65. The largest absolute Gasteiger partial charge is 0.598 e. The molecule has 0 saturated heterocycles. The van der Waals surface area contributed by atoms with E-state index in [1.807, 2.05) is 40.7 Å². The Hall–Kier alpha value is -1.44. The van der Waals surface area contributed by atoms with E-state index >= 15 is 4.39 Å². The molecule has 27 heavy (non-hydrogen) atoms. The number of aryl methyl sites for hydroxylation is 1. The molecule has 1 heterocycles. The molecule has 7 heteroatoms. The maximum absolute atomic E-state index is 15.1. The first kappa shape index (κ1) is 20.3. The van der Waals surface area contributed by atoms with Gasteiger partial charge < -0.3 is 4.55 Å². The molecule has 2 atom stereocenters. The summed E-state index contributed by atoms with van der Waals surface area (Å²) in [4.78, 5) is 17.5. The molecule has 0 aliphatic heterocycles. The number of hydrogen-bond acceptors (Lipinski definition) is 4. The Kier molecular flexibility index (Phi) is 5.16. The fraction of sp³-hybridized carbons (Fsp3) is 0.600. The number of nitrogens with zero attached hydrogens (tertiary/aromatic N) is 2. The van der Waals surface area contributed by atoms with Crippen LogP contribution in [0.25, 0.3) is 10.9 Å². The third-order valence-electron chi connectivity index (χ3n) is 5.21. The molecule has 0 spiro atoms. The van der Waals surface area contributed by atoms with Gasteiger partial charge in [-0.2, -0.15) is 0 Å². The summed E-state index contributed by atoms with van der Waals surface area (Å²) in [5.41, 5.74) is 0.402. The van der Waals surface area contributed by atoms with Crippen molar-refractivity contribution in [1.82, 2.24) is 14.3 Å². The lowest BCUT2D eigenvalue weighted by atomic mass is 9.81. The van der Waals surface area contributed by atoms with Crippen LogP contribution in [0.15, 0.2) is 16.9 Å². The summed E-state index contributed by atoms with van der Waals surface area (Å²) in [6.45, 7) is 9.49. The van der Waals surface area contributed by atoms with Gasteiger partial charge in [-0.3, -0.25) is 9.36 Å². The molecule has 3 rings (SSSR count). The zero-order valence-electron chi connectivity index (χ0n) is 16.9. The summed E-state index contributed by atoms with van der Waals surface area (Å²) in [5.74, 6) is 0.195. The van der Waals surface area contributed by atoms with Crippen molar-refractivity contribution in [2.45, 2.75) is 70.3 Å². The first-order valence-electron chi connectivity index (χ1n) is 9.33. The molecule has 148 valence electrons. The zero-order valence-corrected chi connectivity index (χ0v) is 17.7. The Labute approximate surface area is 162 Å². The van der Waals surface area contributed by atoms with E-state index in [1.165, 1.54) is 4.57 Å². The van der Waals surface area contributed by atoms with Crippen LogP contribution in [-0.4, -0.2) is 18.9 Å². The molecule has 1 aromatic carbocycles. The summed E-state index contributed by atoms with van der Waals surface area (Å²) in [6.07, 6.45) is 1.58. The number of benzene rings is 1. The predicted octanol–water partition coefficient (Wildman–Crippen LogP) is 3.70. The Bertz CT molecular complexity index is 931. The van der Waals surface area contributed by atoms with Gasteiger partial charge in [0.15, 0.2) is 5.67 Å². The molecule has 0 amide bonds. The van der Waals surface area contributed by atoms with Crippen LogP contribution in [0, 0.1) is 6.92 Å². The maximum atomic E-state index is 15.1. The normalized spacial score (nSPS) is 19.0. The van der Waals surface area contributed by atoms with E-state index in [-0.39, 0.29) is 17.4 Å². The van der Waals surface area contributed by atoms with Gasteiger partial charge in [0.25, 0.3) is 5.56 Å². The number of halogens is 1. The summed E-state index contributed by atoms with van der Waals surface area (Å²) < 4.78 is 31.7. The first-order valence-corrected chi connectivity index (χ1v) is 10.5. The summed E-state index contributed by atoms with van der Waals surface area (Å²) in [7, 11) is 1.59. The Morgan fingerprint density at radius 1 is 1.37 bits per heavy atom. The van der Waals surface area contributed by atoms with Crippen molar-refractivity contribution in [1.29, 1.82) is 0 Å². The average Bonchev–Trinajstić information content (AvgIpc) is 2.54. The number of hydrogen-bond donors (Lipinski definition) is 1. The number of aromatic nitrogens is 2. The van der Waals surface area contributed by atoms with Crippen LogP contribution in [0.3, 0.4) is 0 Å². The summed E-state index contributed by atoms with van der Waals surface area (Å²) >= 11 is -1.28. The smallest absolute Gasteiger partial charge is 0.261 e. The van der Waals surface area contributed by atoms with Crippen LogP contribution < -0.4 is 10.3 Å². The molecule has 0 radical (unpaired) electrons. The molecule has 2 aromatic rings. The predicted molar refractivity (Wildman–Crippen MR) is 108 cm³/mol. The van der Waals surface area contributed by atoms with Gasteiger partial charge in [-0.05, 0) is 65.5 Å². The van der Waals surface area contributed by atoms with Crippen LogP contribution in [0.1, 0.15) is 70.0 Å². The molecule has 0 bridgehead atoms. The maximum Gasteiger partial charge on any atom is 0.261 e. The van der Waals surface area contributed by atoms with Crippen LogP contribution >= 0.6 is 0 Å². The minimum atomic E-state index is -1.53. The highest BCUT2D eigenvalue weighted by atomic mass is 32.2. The Morgan fingerprint density at radius 2 is 2.00 bits per heavy atom. The van der Waals surface area contributed by atoms with Crippen molar-refractivity contribution in [2.24, 2.45) is 7.05 Å². The Balaban J connectivity index is 2.16. The second-order valence-corrected chi connectivity index (χ2v) is 10.6. The van der Waals surface area contributed by atoms with Crippen LogP contribution in [-0.2, 0) is 24.1 Å². The van der Waals surface area contributed by atoms with E-state index in [2.05, 4.69) is 9.71 Å². The third-order valence-corrected chi connectivity index (χ3v) is 6.89. The topological polar surface area (TPSA) is 70.0 Å². The molecule has 5 nitrogen and oxygen atoms in total. The molecular weight excluding hydrogens is 365 g/mol. The van der Waals surface area contributed by atoms with Crippen molar-refractivity contribution in [3.63, 3.8) is 0 Å². The van der Waals surface area contributed by atoms with E-state index in [0.717, 1.165) is 17.5 Å². The van der Waals surface area contributed by atoms with Crippen molar-refractivity contribution in [2.75, 3.05) is 0 Å². The number of rotatable bonds is 4. The lowest BCUT2D eigenvalue weighted by Gasteiger charge is -2.34. The quantitative estimate of drug-likeness (QED) is 0.804. The van der Waals surface area contributed by atoms with Crippen LogP contribution in [0.2, 0.25) is 0 Å². The van der Waals surface area contributed by atoms with E-state index in [9.17, 15) is 9.35 Å². The highest BCUT2D eigenvalue weighted by molar-refractivity contribution is 7.90. The van der Waals surface area contributed by atoms with Crippen molar-refractivity contribution in [3.05, 3.63) is 39.4 Å². The van der Waals surface area contributed by atoms with Crippen molar-refractivity contribution >= 4 is 22.3 Å². The average molecular weight is 394 g/mol. The molecule has 1 aliphatic carbocycles. The fourth-order valence-electron chi connectivity index (χ4n) is 3.39. The SMILES string of the molecule is Cc1cc([C@@H](C)N[S@+]([O-])C(C)(C)C)c2nc(C3(F)CCC3)n(C)c(=O)c2c1. The summed E-state index contributed by atoms with van der Waals surface area (Å²) in [5, 5.41) is 0.467. The van der Waals surface area contributed by atoms with Gasteiger partial charge in [0.05, 0.1) is 16.9 Å². The first-order chi connectivity index (χ1) is 12.4. The van der Waals surface area contributed by atoms with E-state index in [1.54, 1.807) is 13.1 Å². The highest BCUT2D eigenvalue weighted by Gasteiger charge is 2.43. The van der Waals surface area contributed by atoms with Crippen molar-refractivity contribution < 1.29 is 8.94 Å². The molecular formula is C20H28FN3O2S. The molecule has 1 N–H and O–H groups in total. The van der Waals surface area contributed by atoms with Gasteiger partial charge in [-0.15, -0.1) is 4.72 Å². The van der Waals surface area contributed by atoms with Crippen LogP contribution in [0.5, 0.6) is 0 Å². The van der Waals surface area contributed by atoms with E-state index < -0.39 is 21.8 Å². The van der Waals surface area contributed by atoms with Gasteiger partial charge in [-0.1, -0.05) is 6.07 Å². The minimum Gasteiger partial charge on any atom is -0.598 e.